The number of imidazole rings is 1. The standard InChI is InChI=1S/C9H8BrN3/c1-7-5-13(6-12-7)9-8(10)3-2-4-11-9/h2-6H,1H3. The first kappa shape index (κ1) is 8.44. The summed E-state index contributed by atoms with van der Waals surface area (Å²) in [6, 6.07) is 3.84. The molecular formula is C9H8BrN3. The number of nitrogens with zero attached hydrogens (tertiary/aromatic N) is 3. The molecule has 0 N–H and O–H groups in total. The van der Waals surface area contributed by atoms with E-state index in [1.807, 2.05) is 29.8 Å². The molecule has 0 amide bonds. The van der Waals surface area contributed by atoms with Gasteiger partial charge >= 0.3 is 0 Å². The van der Waals surface area contributed by atoms with E-state index >= 15 is 0 Å². The van der Waals surface area contributed by atoms with E-state index in [-0.39, 0.29) is 0 Å². The van der Waals surface area contributed by atoms with Gasteiger partial charge in [0, 0.05) is 12.4 Å². The lowest BCUT2D eigenvalue weighted by Gasteiger charge is -2.01. The topological polar surface area (TPSA) is 30.7 Å². The van der Waals surface area contributed by atoms with Crippen molar-refractivity contribution in [2.75, 3.05) is 0 Å². The third kappa shape index (κ3) is 1.62. The molecule has 0 spiro atoms. The largest absolute Gasteiger partial charge is 0.289 e. The number of aromatic nitrogens is 3. The molecule has 2 rings (SSSR count). The highest BCUT2D eigenvalue weighted by atomic mass is 79.9. The van der Waals surface area contributed by atoms with Crippen LogP contribution in [0.15, 0.2) is 35.3 Å². The van der Waals surface area contributed by atoms with E-state index in [1.165, 1.54) is 0 Å². The van der Waals surface area contributed by atoms with Gasteiger partial charge in [0.2, 0.25) is 0 Å². The van der Waals surface area contributed by atoms with Crippen LogP contribution in [0.25, 0.3) is 5.82 Å². The minimum absolute atomic E-state index is 0.864. The Balaban J connectivity index is 2.52. The van der Waals surface area contributed by atoms with Gasteiger partial charge in [0.15, 0.2) is 5.82 Å². The minimum Gasteiger partial charge on any atom is -0.289 e. The first-order valence-corrected chi connectivity index (χ1v) is 4.68. The molecule has 0 radical (unpaired) electrons. The Morgan fingerprint density at radius 2 is 2.23 bits per heavy atom. The second-order valence-corrected chi connectivity index (χ2v) is 3.59. The predicted molar refractivity (Wildman–Crippen MR) is 53.8 cm³/mol. The van der Waals surface area contributed by atoms with Crippen LogP contribution >= 0.6 is 15.9 Å². The Kier molecular flexibility index (Phi) is 2.14. The van der Waals surface area contributed by atoms with Crippen LogP contribution in [0.3, 0.4) is 0 Å². The molecule has 0 aliphatic carbocycles. The summed E-state index contributed by atoms with van der Waals surface area (Å²) in [5, 5.41) is 0. The van der Waals surface area contributed by atoms with Crippen LogP contribution in [0.1, 0.15) is 5.69 Å². The minimum atomic E-state index is 0.864. The lowest BCUT2D eigenvalue weighted by molar-refractivity contribution is 0.984. The molecule has 2 heterocycles. The Bertz CT molecular complexity index is 422. The summed E-state index contributed by atoms with van der Waals surface area (Å²) in [5.74, 6) is 0.864. The summed E-state index contributed by atoms with van der Waals surface area (Å²) in [6.07, 6.45) is 5.45. The van der Waals surface area contributed by atoms with Crippen LogP contribution in [0, 0.1) is 6.92 Å². The van der Waals surface area contributed by atoms with Gasteiger partial charge in [0.05, 0.1) is 10.2 Å². The molecule has 2 aromatic heterocycles. The number of hydrogen-bond donors (Lipinski definition) is 0. The van der Waals surface area contributed by atoms with Crippen molar-refractivity contribution >= 4 is 15.9 Å². The maximum Gasteiger partial charge on any atom is 0.152 e. The smallest absolute Gasteiger partial charge is 0.152 e. The van der Waals surface area contributed by atoms with Gasteiger partial charge in [-0.1, -0.05) is 0 Å². The van der Waals surface area contributed by atoms with Gasteiger partial charge in [-0.3, -0.25) is 4.57 Å². The normalized spacial score (nSPS) is 10.3. The van der Waals surface area contributed by atoms with Gasteiger partial charge in [-0.25, -0.2) is 9.97 Å². The van der Waals surface area contributed by atoms with Crippen LogP contribution in [0.5, 0.6) is 0 Å². The Morgan fingerprint density at radius 1 is 1.38 bits per heavy atom. The molecular weight excluding hydrogens is 230 g/mol. The molecule has 13 heavy (non-hydrogen) atoms. The molecule has 0 saturated carbocycles. The van der Waals surface area contributed by atoms with E-state index in [4.69, 9.17) is 0 Å². The molecule has 0 aliphatic rings. The van der Waals surface area contributed by atoms with Gasteiger partial charge in [0.1, 0.15) is 6.33 Å². The molecule has 66 valence electrons. The zero-order chi connectivity index (χ0) is 9.26. The van der Waals surface area contributed by atoms with E-state index in [1.54, 1.807) is 12.5 Å². The lowest BCUT2D eigenvalue weighted by atomic mass is 10.4. The monoisotopic (exact) mass is 237 g/mol. The second-order valence-electron chi connectivity index (χ2n) is 2.73. The van der Waals surface area contributed by atoms with Crippen molar-refractivity contribution in [3.05, 3.63) is 41.0 Å². The van der Waals surface area contributed by atoms with Gasteiger partial charge < -0.3 is 0 Å². The summed E-state index contributed by atoms with van der Waals surface area (Å²) < 4.78 is 2.85. The van der Waals surface area contributed by atoms with Crippen molar-refractivity contribution in [1.82, 2.24) is 14.5 Å². The first-order chi connectivity index (χ1) is 6.27. The van der Waals surface area contributed by atoms with Gasteiger partial charge in [0.25, 0.3) is 0 Å². The van der Waals surface area contributed by atoms with Crippen molar-refractivity contribution in [3.8, 4) is 5.82 Å². The van der Waals surface area contributed by atoms with Gasteiger partial charge in [-0.05, 0) is 35.0 Å². The summed E-state index contributed by atoms with van der Waals surface area (Å²) in [4.78, 5) is 8.37. The van der Waals surface area contributed by atoms with E-state index < -0.39 is 0 Å². The molecule has 0 aliphatic heterocycles. The van der Waals surface area contributed by atoms with Crippen molar-refractivity contribution in [2.45, 2.75) is 6.92 Å². The van der Waals surface area contributed by atoms with Crippen LogP contribution in [-0.4, -0.2) is 14.5 Å². The maximum absolute atomic E-state index is 4.24. The van der Waals surface area contributed by atoms with Crippen LogP contribution < -0.4 is 0 Å². The quantitative estimate of drug-likeness (QED) is 0.763. The lowest BCUT2D eigenvalue weighted by Crippen LogP contribution is -1.94. The van der Waals surface area contributed by atoms with Crippen molar-refractivity contribution in [3.63, 3.8) is 0 Å². The fraction of sp³-hybridized carbons (Fsp3) is 0.111. The zero-order valence-electron chi connectivity index (χ0n) is 7.11. The third-order valence-electron chi connectivity index (χ3n) is 1.70. The van der Waals surface area contributed by atoms with Crippen LogP contribution in [-0.2, 0) is 0 Å². The SMILES string of the molecule is Cc1cn(-c2ncccc2Br)cn1. The van der Waals surface area contributed by atoms with E-state index in [0.717, 1.165) is 16.0 Å². The number of pyridine rings is 1. The van der Waals surface area contributed by atoms with E-state index in [2.05, 4.69) is 25.9 Å². The van der Waals surface area contributed by atoms with Crippen molar-refractivity contribution < 1.29 is 0 Å². The average molecular weight is 238 g/mol. The number of rotatable bonds is 1. The van der Waals surface area contributed by atoms with Gasteiger partial charge in [-0.2, -0.15) is 0 Å². The summed E-state index contributed by atoms with van der Waals surface area (Å²) >= 11 is 3.43. The van der Waals surface area contributed by atoms with Crippen molar-refractivity contribution in [2.24, 2.45) is 0 Å². The summed E-state index contributed by atoms with van der Waals surface area (Å²) in [7, 11) is 0. The second kappa shape index (κ2) is 3.30. The summed E-state index contributed by atoms with van der Waals surface area (Å²) in [5.41, 5.74) is 0.984. The fourth-order valence-electron chi connectivity index (χ4n) is 1.10. The number of hydrogen-bond acceptors (Lipinski definition) is 2. The van der Waals surface area contributed by atoms with Gasteiger partial charge in [-0.15, -0.1) is 0 Å². The van der Waals surface area contributed by atoms with E-state index in [9.17, 15) is 0 Å². The molecule has 0 atom stereocenters. The first-order valence-electron chi connectivity index (χ1n) is 3.89. The Morgan fingerprint density at radius 3 is 2.85 bits per heavy atom. The molecule has 3 nitrogen and oxygen atoms in total. The zero-order valence-corrected chi connectivity index (χ0v) is 8.69. The molecule has 0 fully saturated rings. The highest BCUT2D eigenvalue weighted by Gasteiger charge is 2.02. The molecule has 4 heteroatoms. The molecule has 0 bridgehead atoms. The molecule has 2 aromatic rings. The Hall–Kier alpha value is -1.16. The molecule has 0 saturated heterocycles. The highest BCUT2D eigenvalue weighted by molar-refractivity contribution is 9.10. The predicted octanol–water partition coefficient (Wildman–Crippen LogP) is 2.34. The van der Waals surface area contributed by atoms with Crippen LogP contribution in [0.4, 0.5) is 0 Å². The molecule has 0 unspecified atom stereocenters. The Labute approximate surface area is 84.6 Å². The molecule has 0 aromatic carbocycles. The van der Waals surface area contributed by atoms with Crippen LogP contribution in [0.2, 0.25) is 0 Å². The van der Waals surface area contributed by atoms with Crippen molar-refractivity contribution in [1.29, 1.82) is 0 Å². The maximum atomic E-state index is 4.24. The number of aryl methyl sites for hydroxylation is 1. The third-order valence-corrected chi connectivity index (χ3v) is 2.31. The van der Waals surface area contributed by atoms with E-state index in [0.29, 0.717) is 0 Å². The fourth-order valence-corrected chi connectivity index (χ4v) is 1.56. The summed E-state index contributed by atoms with van der Waals surface area (Å²) in [6.45, 7) is 1.95. The highest BCUT2D eigenvalue weighted by Crippen LogP contribution is 2.17. The number of halogens is 1. The average Bonchev–Trinajstić information content (AvgIpc) is 2.53.